The molecular weight excluding hydrogens is 620 g/mol. The van der Waals surface area contributed by atoms with Crippen molar-refractivity contribution in [3.63, 3.8) is 0 Å². The van der Waals surface area contributed by atoms with Crippen molar-refractivity contribution in [1.29, 1.82) is 0 Å². The number of benzene rings is 2. The van der Waals surface area contributed by atoms with Gasteiger partial charge in [-0.1, -0.05) is 6.07 Å². The summed E-state index contributed by atoms with van der Waals surface area (Å²) in [5, 5.41) is 91.9. The first-order valence-corrected chi connectivity index (χ1v) is 13.9. The van der Waals surface area contributed by atoms with Gasteiger partial charge in [0.2, 0.25) is 17.5 Å². The summed E-state index contributed by atoms with van der Waals surface area (Å²) in [5.41, 5.74) is -0.382. The number of aliphatic hydroxyl groups is 7. The largest absolute Gasteiger partial charge is 0.504 e. The maximum Gasteiger partial charge on any atom is 0.229 e. The Morgan fingerprint density at radius 2 is 1.43 bits per heavy atom. The van der Waals surface area contributed by atoms with Gasteiger partial charge >= 0.3 is 0 Å². The van der Waals surface area contributed by atoms with Gasteiger partial charge in [0.1, 0.15) is 66.1 Å². The lowest BCUT2D eigenvalue weighted by Crippen LogP contribution is -2.62. The Labute approximate surface area is 259 Å². The molecule has 10 atom stereocenters. The number of phenolic OH excluding ortho intramolecular Hbond substituents is 2. The standard InChI is InChI=1S/C29H34O17/c1-40-15-6-14-18(27(41-2)22(15)35)19(32)11(8-42-14)10-3-4-13(12(31)5-10)44-29-26(39)24(37)21(34)17(46-29)9-43-28-25(38)23(36)20(33)16(7-30)45-28/h3-6,8,16-17,20-21,23-26,28-31,33-39H,7,9H2,1-2H3/t16-,17-,20+,21+,23+,24+,25+,26+,28-,29+/m0/s1. The van der Waals surface area contributed by atoms with Gasteiger partial charge in [-0.15, -0.1) is 0 Å². The van der Waals surface area contributed by atoms with Crippen molar-refractivity contribution in [2.75, 3.05) is 27.4 Å². The summed E-state index contributed by atoms with van der Waals surface area (Å²) in [7, 11) is 2.57. The fourth-order valence-electron chi connectivity index (χ4n) is 5.23. The molecule has 3 aromatic rings. The summed E-state index contributed by atoms with van der Waals surface area (Å²) in [5.74, 6) is -1.35. The van der Waals surface area contributed by atoms with Crippen LogP contribution in [0.15, 0.2) is 39.7 Å². The maximum absolute atomic E-state index is 13.4. The van der Waals surface area contributed by atoms with Gasteiger partial charge in [0.05, 0.1) is 33.0 Å². The molecule has 2 saturated heterocycles. The Morgan fingerprint density at radius 1 is 0.783 bits per heavy atom. The van der Waals surface area contributed by atoms with Gasteiger partial charge in [-0.2, -0.15) is 0 Å². The second kappa shape index (κ2) is 13.5. The van der Waals surface area contributed by atoms with Crippen LogP contribution in [0.25, 0.3) is 22.1 Å². The average Bonchev–Trinajstić information content (AvgIpc) is 3.05. The Hall–Kier alpha value is -3.75. The van der Waals surface area contributed by atoms with Gasteiger partial charge in [-0.05, 0) is 17.7 Å². The molecule has 9 N–H and O–H groups in total. The summed E-state index contributed by atoms with van der Waals surface area (Å²) in [6, 6.07) is 5.09. The molecule has 0 saturated carbocycles. The van der Waals surface area contributed by atoms with Crippen molar-refractivity contribution in [2.45, 2.75) is 61.4 Å². The summed E-state index contributed by atoms with van der Waals surface area (Å²) < 4.78 is 37.7. The molecule has 3 heterocycles. The zero-order chi connectivity index (χ0) is 33.4. The van der Waals surface area contributed by atoms with Gasteiger partial charge in [0.25, 0.3) is 0 Å². The van der Waals surface area contributed by atoms with E-state index in [0.717, 1.165) is 12.3 Å². The molecule has 0 radical (unpaired) electrons. The quantitative estimate of drug-likeness (QED) is 0.119. The van der Waals surface area contributed by atoms with Crippen LogP contribution in [-0.4, -0.2) is 135 Å². The molecule has 17 heteroatoms. The van der Waals surface area contributed by atoms with Crippen molar-refractivity contribution in [3.8, 4) is 39.9 Å². The van der Waals surface area contributed by atoms with E-state index in [-0.39, 0.29) is 39.3 Å². The molecule has 1 aromatic heterocycles. The molecule has 0 spiro atoms. The molecule has 0 unspecified atom stereocenters. The molecule has 0 amide bonds. The van der Waals surface area contributed by atoms with E-state index in [1.807, 2.05) is 0 Å². The van der Waals surface area contributed by atoms with E-state index in [4.69, 9.17) is 32.8 Å². The molecular formula is C29H34O17. The number of hydrogen-bond donors (Lipinski definition) is 9. The highest BCUT2D eigenvalue weighted by molar-refractivity contribution is 5.91. The third-order valence-corrected chi connectivity index (χ3v) is 7.84. The molecule has 0 aliphatic carbocycles. The van der Waals surface area contributed by atoms with E-state index in [9.17, 15) is 50.8 Å². The number of hydrogen-bond acceptors (Lipinski definition) is 17. The third-order valence-electron chi connectivity index (χ3n) is 7.84. The van der Waals surface area contributed by atoms with Crippen molar-refractivity contribution >= 4 is 11.0 Å². The molecule has 2 aliphatic heterocycles. The van der Waals surface area contributed by atoms with Crippen LogP contribution in [0.1, 0.15) is 0 Å². The van der Waals surface area contributed by atoms with E-state index < -0.39 is 91.6 Å². The number of fused-ring (bicyclic) bond motifs is 1. The molecule has 0 bridgehead atoms. The number of rotatable bonds is 9. The normalized spacial score (nSPS) is 31.5. The first kappa shape index (κ1) is 33.6. The number of aromatic hydroxyl groups is 2. The van der Waals surface area contributed by atoms with E-state index in [1.165, 1.54) is 32.4 Å². The minimum atomic E-state index is -1.82. The van der Waals surface area contributed by atoms with Crippen molar-refractivity contribution < 1.29 is 78.8 Å². The second-order valence-electron chi connectivity index (χ2n) is 10.7. The number of methoxy groups -OCH3 is 2. The van der Waals surface area contributed by atoms with E-state index in [0.29, 0.717) is 0 Å². The smallest absolute Gasteiger partial charge is 0.229 e. The molecule has 252 valence electrons. The second-order valence-corrected chi connectivity index (χ2v) is 10.7. The SMILES string of the molecule is COc1cc2occ(-c3ccc(O[C@@H]4O[C@@H](CO[C@H]5O[C@@H](CO)[C@@H](O)[C@@H](O)[C@H]5O)[C@@H](O)[C@@H](O)[C@H]4O)c(O)c3)c(=O)c2c(OC)c1O. The average molecular weight is 655 g/mol. The lowest BCUT2D eigenvalue weighted by atomic mass is 9.98. The van der Waals surface area contributed by atoms with Gasteiger partial charge in [-0.25, -0.2) is 0 Å². The van der Waals surface area contributed by atoms with Crippen LogP contribution in [0.3, 0.4) is 0 Å². The van der Waals surface area contributed by atoms with Crippen LogP contribution >= 0.6 is 0 Å². The van der Waals surface area contributed by atoms with Gasteiger partial charge < -0.3 is 78.8 Å². The first-order chi connectivity index (χ1) is 21.9. The summed E-state index contributed by atoms with van der Waals surface area (Å²) >= 11 is 0. The van der Waals surface area contributed by atoms with E-state index in [1.54, 1.807) is 0 Å². The fourth-order valence-corrected chi connectivity index (χ4v) is 5.23. The number of aliphatic hydroxyl groups excluding tert-OH is 7. The minimum absolute atomic E-state index is 0.0184. The van der Waals surface area contributed by atoms with Crippen LogP contribution in [0.2, 0.25) is 0 Å². The van der Waals surface area contributed by atoms with Crippen LogP contribution in [0.5, 0.6) is 28.7 Å². The van der Waals surface area contributed by atoms with Crippen molar-refractivity contribution in [3.05, 3.63) is 40.8 Å². The highest BCUT2D eigenvalue weighted by atomic mass is 16.7. The predicted octanol–water partition coefficient (Wildman–Crippen LogP) is -2.11. The minimum Gasteiger partial charge on any atom is -0.504 e. The third kappa shape index (κ3) is 6.05. The van der Waals surface area contributed by atoms with Crippen molar-refractivity contribution in [1.82, 2.24) is 0 Å². The van der Waals surface area contributed by atoms with Crippen LogP contribution < -0.4 is 19.6 Å². The summed E-state index contributed by atoms with van der Waals surface area (Å²) in [6.07, 6.45) is -15.2. The number of phenols is 2. The Balaban J connectivity index is 1.34. The fraction of sp³-hybridized carbons (Fsp3) is 0.483. The maximum atomic E-state index is 13.4. The predicted molar refractivity (Wildman–Crippen MR) is 151 cm³/mol. The van der Waals surface area contributed by atoms with Crippen LogP contribution in [0, 0.1) is 0 Å². The highest BCUT2D eigenvalue weighted by Crippen LogP contribution is 2.42. The van der Waals surface area contributed by atoms with Gasteiger partial charge in [-0.3, -0.25) is 4.79 Å². The molecule has 2 aromatic carbocycles. The monoisotopic (exact) mass is 654 g/mol. The Kier molecular flexibility index (Phi) is 9.89. The number of ether oxygens (including phenoxy) is 6. The molecule has 2 aliphatic rings. The topological polar surface area (TPSA) is 268 Å². The van der Waals surface area contributed by atoms with Crippen LogP contribution in [0.4, 0.5) is 0 Å². The van der Waals surface area contributed by atoms with E-state index in [2.05, 4.69) is 0 Å². The summed E-state index contributed by atoms with van der Waals surface area (Å²) in [4.78, 5) is 13.4. The molecule has 46 heavy (non-hydrogen) atoms. The zero-order valence-electron chi connectivity index (χ0n) is 24.4. The molecule has 2 fully saturated rings. The lowest BCUT2D eigenvalue weighted by Gasteiger charge is -2.42. The zero-order valence-corrected chi connectivity index (χ0v) is 24.4. The first-order valence-electron chi connectivity index (χ1n) is 13.9. The Morgan fingerprint density at radius 3 is 2.07 bits per heavy atom. The van der Waals surface area contributed by atoms with E-state index >= 15 is 0 Å². The van der Waals surface area contributed by atoms with Crippen molar-refractivity contribution in [2.24, 2.45) is 0 Å². The lowest BCUT2D eigenvalue weighted by molar-refractivity contribution is -0.323. The van der Waals surface area contributed by atoms with Gasteiger partial charge in [0, 0.05) is 6.07 Å². The Bertz CT molecular complexity index is 1590. The molecule has 17 nitrogen and oxygen atoms in total. The summed E-state index contributed by atoms with van der Waals surface area (Å²) in [6.45, 7) is -1.28. The van der Waals surface area contributed by atoms with Gasteiger partial charge in [0.15, 0.2) is 29.3 Å². The highest BCUT2D eigenvalue weighted by Gasteiger charge is 2.48. The van der Waals surface area contributed by atoms with Crippen LogP contribution in [-0.2, 0) is 14.2 Å². The molecule has 5 rings (SSSR count).